The standard InChI is InChI=1S/C9H6ClF3O2/c1-15-6-4-2-3-5(7(6)11)9(12,13)8(10)14/h2-4H,1H3. The predicted molar refractivity (Wildman–Crippen MR) is 47.7 cm³/mol. The minimum Gasteiger partial charge on any atom is -0.494 e. The fourth-order valence-corrected chi connectivity index (χ4v) is 1.12. The molecule has 0 saturated heterocycles. The van der Waals surface area contributed by atoms with Gasteiger partial charge in [0.25, 0.3) is 5.24 Å². The monoisotopic (exact) mass is 238 g/mol. The highest BCUT2D eigenvalue weighted by molar-refractivity contribution is 6.65. The number of alkyl halides is 2. The van der Waals surface area contributed by atoms with Gasteiger partial charge in [0, 0.05) is 0 Å². The van der Waals surface area contributed by atoms with Gasteiger partial charge in [0.15, 0.2) is 11.6 Å². The zero-order chi connectivity index (χ0) is 11.6. The van der Waals surface area contributed by atoms with Crippen LogP contribution in [0.5, 0.6) is 5.75 Å². The summed E-state index contributed by atoms with van der Waals surface area (Å²) in [6, 6.07) is 3.08. The molecule has 1 rings (SSSR count). The normalized spacial score (nSPS) is 11.3. The fraction of sp³-hybridized carbons (Fsp3) is 0.222. The molecule has 0 atom stereocenters. The molecule has 15 heavy (non-hydrogen) atoms. The first-order valence-electron chi connectivity index (χ1n) is 3.82. The first-order chi connectivity index (χ1) is 6.91. The third-order valence-corrected chi connectivity index (χ3v) is 2.01. The molecular weight excluding hydrogens is 233 g/mol. The summed E-state index contributed by atoms with van der Waals surface area (Å²) < 4.78 is 44.0. The molecule has 0 aliphatic rings. The molecule has 0 heterocycles. The molecule has 2 nitrogen and oxygen atoms in total. The summed E-state index contributed by atoms with van der Waals surface area (Å²) in [7, 11) is 1.13. The molecule has 0 amide bonds. The van der Waals surface area contributed by atoms with E-state index in [9.17, 15) is 18.0 Å². The second-order valence-corrected chi connectivity index (χ2v) is 3.01. The second kappa shape index (κ2) is 4.10. The molecule has 0 radical (unpaired) electrons. The van der Waals surface area contributed by atoms with Gasteiger partial charge in [-0.2, -0.15) is 8.78 Å². The van der Waals surface area contributed by atoms with E-state index < -0.39 is 22.5 Å². The van der Waals surface area contributed by atoms with Crippen LogP contribution in [0.25, 0.3) is 0 Å². The number of hydrogen-bond donors (Lipinski definition) is 0. The highest BCUT2D eigenvalue weighted by Crippen LogP contribution is 2.35. The van der Waals surface area contributed by atoms with E-state index in [4.69, 9.17) is 0 Å². The quantitative estimate of drug-likeness (QED) is 0.757. The molecule has 6 heteroatoms. The number of halogens is 4. The maximum absolute atomic E-state index is 13.3. The third-order valence-electron chi connectivity index (χ3n) is 1.77. The Balaban J connectivity index is 3.32. The van der Waals surface area contributed by atoms with Crippen molar-refractivity contribution in [3.05, 3.63) is 29.6 Å². The topological polar surface area (TPSA) is 26.3 Å². The number of ether oxygens (including phenoxy) is 1. The van der Waals surface area contributed by atoms with Gasteiger partial charge in [0.2, 0.25) is 0 Å². The predicted octanol–water partition coefficient (Wildman–Crippen LogP) is 2.69. The van der Waals surface area contributed by atoms with Crippen LogP contribution in [0.3, 0.4) is 0 Å². The molecule has 1 aromatic carbocycles. The summed E-state index contributed by atoms with van der Waals surface area (Å²) >= 11 is 4.68. The van der Waals surface area contributed by atoms with Crippen molar-refractivity contribution in [3.8, 4) is 5.75 Å². The second-order valence-electron chi connectivity index (χ2n) is 2.67. The van der Waals surface area contributed by atoms with E-state index in [1.54, 1.807) is 0 Å². The molecule has 0 spiro atoms. The Morgan fingerprint density at radius 3 is 2.53 bits per heavy atom. The zero-order valence-electron chi connectivity index (χ0n) is 7.56. The summed E-state index contributed by atoms with van der Waals surface area (Å²) in [5.41, 5.74) is -1.10. The summed E-state index contributed by atoms with van der Waals surface area (Å²) in [4.78, 5) is 10.4. The first-order valence-corrected chi connectivity index (χ1v) is 4.19. The molecule has 82 valence electrons. The molecule has 0 aromatic heterocycles. The lowest BCUT2D eigenvalue weighted by molar-refractivity contribution is -0.135. The van der Waals surface area contributed by atoms with Gasteiger partial charge >= 0.3 is 5.92 Å². The van der Waals surface area contributed by atoms with E-state index in [1.807, 2.05) is 0 Å². The number of rotatable bonds is 3. The van der Waals surface area contributed by atoms with Crippen LogP contribution in [0.4, 0.5) is 13.2 Å². The van der Waals surface area contributed by atoms with Gasteiger partial charge in [-0.1, -0.05) is 6.07 Å². The Morgan fingerprint density at radius 1 is 1.47 bits per heavy atom. The first kappa shape index (κ1) is 11.8. The van der Waals surface area contributed by atoms with E-state index in [1.165, 1.54) is 0 Å². The van der Waals surface area contributed by atoms with E-state index in [2.05, 4.69) is 16.3 Å². The highest BCUT2D eigenvalue weighted by Gasteiger charge is 2.42. The molecule has 0 N–H and O–H groups in total. The molecule has 1 aromatic rings. The lowest BCUT2D eigenvalue weighted by Crippen LogP contribution is -2.23. The molecule has 0 saturated carbocycles. The Morgan fingerprint density at radius 2 is 2.07 bits per heavy atom. The van der Waals surface area contributed by atoms with Crippen LogP contribution in [-0.4, -0.2) is 12.4 Å². The number of methoxy groups -OCH3 is 1. The molecule has 0 aliphatic heterocycles. The van der Waals surface area contributed by atoms with Crippen LogP contribution in [0.2, 0.25) is 0 Å². The number of benzene rings is 1. The molecule has 0 unspecified atom stereocenters. The Kier molecular flexibility index (Phi) is 3.24. The highest BCUT2D eigenvalue weighted by atomic mass is 35.5. The van der Waals surface area contributed by atoms with Crippen LogP contribution in [-0.2, 0) is 10.7 Å². The SMILES string of the molecule is COc1cccc(C(F)(F)C(=O)Cl)c1F. The van der Waals surface area contributed by atoms with E-state index in [-0.39, 0.29) is 5.75 Å². The summed E-state index contributed by atoms with van der Waals surface area (Å²) in [5.74, 6) is -5.72. The van der Waals surface area contributed by atoms with Gasteiger partial charge in [-0.15, -0.1) is 0 Å². The Labute approximate surface area is 88.6 Å². The Bertz CT molecular complexity index is 393. The van der Waals surface area contributed by atoms with Crippen molar-refractivity contribution >= 4 is 16.8 Å². The van der Waals surface area contributed by atoms with Crippen LogP contribution in [0, 0.1) is 5.82 Å². The van der Waals surface area contributed by atoms with Crippen molar-refractivity contribution in [2.75, 3.05) is 7.11 Å². The summed E-state index contributed by atoms with van der Waals surface area (Å²) in [6.07, 6.45) is 0. The van der Waals surface area contributed by atoms with Crippen molar-refractivity contribution < 1.29 is 22.7 Å². The van der Waals surface area contributed by atoms with Crippen molar-refractivity contribution in [2.45, 2.75) is 5.92 Å². The number of carbonyl (C=O) groups excluding carboxylic acids is 1. The van der Waals surface area contributed by atoms with Gasteiger partial charge in [0.1, 0.15) is 0 Å². The van der Waals surface area contributed by atoms with E-state index >= 15 is 0 Å². The van der Waals surface area contributed by atoms with Crippen molar-refractivity contribution in [3.63, 3.8) is 0 Å². The smallest absolute Gasteiger partial charge is 0.348 e. The molecule has 0 aliphatic carbocycles. The number of hydrogen-bond acceptors (Lipinski definition) is 2. The average molecular weight is 239 g/mol. The minimum atomic E-state index is -4.06. The Hall–Kier alpha value is -1.23. The largest absolute Gasteiger partial charge is 0.494 e. The van der Waals surface area contributed by atoms with E-state index in [0.29, 0.717) is 0 Å². The molecular formula is C9H6ClF3O2. The third kappa shape index (κ3) is 2.07. The van der Waals surface area contributed by atoms with Gasteiger partial charge < -0.3 is 4.74 Å². The van der Waals surface area contributed by atoms with Crippen molar-refractivity contribution in [1.82, 2.24) is 0 Å². The minimum absolute atomic E-state index is 0.370. The molecule has 0 bridgehead atoms. The van der Waals surface area contributed by atoms with Gasteiger partial charge in [0.05, 0.1) is 12.7 Å². The lowest BCUT2D eigenvalue weighted by atomic mass is 10.1. The lowest BCUT2D eigenvalue weighted by Gasteiger charge is -2.13. The van der Waals surface area contributed by atoms with Gasteiger partial charge in [-0.05, 0) is 23.7 Å². The summed E-state index contributed by atoms with van der Waals surface area (Å²) in [5, 5.41) is -1.94. The van der Waals surface area contributed by atoms with Crippen LogP contribution >= 0.6 is 11.6 Å². The zero-order valence-corrected chi connectivity index (χ0v) is 8.32. The van der Waals surface area contributed by atoms with Gasteiger partial charge in [-0.25, -0.2) is 4.39 Å². The van der Waals surface area contributed by atoms with Crippen LogP contribution in [0.1, 0.15) is 5.56 Å². The maximum Gasteiger partial charge on any atom is 0.348 e. The summed E-state index contributed by atoms with van der Waals surface area (Å²) in [6.45, 7) is 0. The van der Waals surface area contributed by atoms with E-state index in [0.717, 1.165) is 25.3 Å². The van der Waals surface area contributed by atoms with Gasteiger partial charge in [-0.3, -0.25) is 4.79 Å². The fourth-order valence-electron chi connectivity index (χ4n) is 1.02. The maximum atomic E-state index is 13.3. The molecule has 0 fully saturated rings. The van der Waals surface area contributed by atoms with Crippen LogP contribution in [0.15, 0.2) is 18.2 Å². The number of carbonyl (C=O) groups is 1. The average Bonchev–Trinajstić information content (AvgIpc) is 2.17. The van der Waals surface area contributed by atoms with Crippen molar-refractivity contribution in [2.24, 2.45) is 0 Å². The van der Waals surface area contributed by atoms with Crippen LogP contribution < -0.4 is 4.74 Å². The van der Waals surface area contributed by atoms with Crippen molar-refractivity contribution in [1.29, 1.82) is 0 Å².